The first-order valence-corrected chi connectivity index (χ1v) is 5.83. The standard InChI is InChI=1S/C12H17N3O2/c16-9-11-12(17)14-4-1-7-15(11)8-10-2-5-13-6-3-10/h2-3,5-6,11,16H,1,4,7-9H2,(H,14,17). The maximum Gasteiger partial charge on any atom is 0.239 e. The predicted octanol–water partition coefficient (Wildman–Crippen LogP) is -0.236. The van der Waals surface area contributed by atoms with Crippen molar-refractivity contribution in [3.8, 4) is 0 Å². The van der Waals surface area contributed by atoms with Crippen molar-refractivity contribution >= 4 is 5.91 Å². The summed E-state index contributed by atoms with van der Waals surface area (Å²) < 4.78 is 0. The van der Waals surface area contributed by atoms with Crippen molar-refractivity contribution in [2.24, 2.45) is 0 Å². The van der Waals surface area contributed by atoms with E-state index in [2.05, 4.69) is 10.3 Å². The molecule has 5 nitrogen and oxygen atoms in total. The number of carbonyl (C=O) groups excluding carboxylic acids is 1. The molecule has 1 aliphatic rings. The summed E-state index contributed by atoms with van der Waals surface area (Å²) in [6.07, 6.45) is 4.38. The smallest absolute Gasteiger partial charge is 0.239 e. The van der Waals surface area contributed by atoms with Crippen LogP contribution in [0.15, 0.2) is 24.5 Å². The first-order valence-electron chi connectivity index (χ1n) is 5.83. The summed E-state index contributed by atoms with van der Waals surface area (Å²) in [6, 6.07) is 3.42. The van der Waals surface area contributed by atoms with E-state index < -0.39 is 6.04 Å². The van der Waals surface area contributed by atoms with E-state index in [1.54, 1.807) is 12.4 Å². The number of hydrogen-bond donors (Lipinski definition) is 2. The molecular formula is C12H17N3O2. The van der Waals surface area contributed by atoms with Gasteiger partial charge in [-0.1, -0.05) is 0 Å². The average molecular weight is 235 g/mol. The summed E-state index contributed by atoms with van der Waals surface area (Å²) >= 11 is 0. The highest BCUT2D eigenvalue weighted by molar-refractivity contribution is 5.82. The number of pyridine rings is 1. The van der Waals surface area contributed by atoms with Crippen LogP contribution in [0.1, 0.15) is 12.0 Å². The van der Waals surface area contributed by atoms with Gasteiger partial charge in [-0.3, -0.25) is 14.7 Å². The van der Waals surface area contributed by atoms with E-state index in [1.807, 2.05) is 17.0 Å². The van der Waals surface area contributed by atoms with Gasteiger partial charge < -0.3 is 10.4 Å². The number of nitrogens with one attached hydrogen (secondary N) is 1. The number of amides is 1. The van der Waals surface area contributed by atoms with E-state index >= 15 is 0 Å². The fourth-order valence-electron chi connectivity index (χ4n) is 2.04. The van der Waals surface area contributed by atoms with Crippen molar-refractivity contribution in [1.29, 1.82) is 0 Å². The monoisotopic (exact) mass is 235 g/mol. The molecule has 1 atom stereocenters. The molecule has 1 fully saturated rings. The van der Waals surface area contributed by atoms with Gasteiger partial charge in [0, 0.05) is 32.0 Å². The molecular weight excluding hydrogens is 218 g/mol. The van der Waals surface area contributed by atoms with Crippen LogP contribution >= 0.6 is 0 Å². The number of nitrogens with zero attached hydrogens (tertiary/aromatic N) is 2. The Labute approximate surface area is 100 Å². The SMILES string of the molecule is O=C1NCCCN(Cc2ccncc2)C1CO. The number of aliphatic hydroxyl groups is 1. The lowest BCUT2D eigenvalue weighted by molar-refractivity contribution is -0.127. The third-order valence-corrected chi connectivity index (χ3v) is 2.97. The molecule has 0 saturated carbocycles. The van der Waals surface area contributed by atoms with E-state index in [0.29, 0.717) is 13.1 Å². The van der Waals surface area contributed by atoms with E-state index in [9.17, 15) is 9.90 Å². The first kappa shape index (κ1) is 12.0. The van der Waals surface area contributed by atoms with Gasteiger partial charge >= 0.3 is 0 Å². The zero-order valence-corrected chi connectivity index (χ0v) is 9.67. The molecule has 1 amide bonds. The van der Waals surface area contributed by atoms with Crippen molar-refractivity contribution in [3.05, 3.63) is 30.1 Å². The van der Waals surface area contributed by atoms with Crippen LogP contribution in [-0.4, -0.2) is 46.6 Å². The lowest BCUT2D eigenvalue weighted by Gasteiger charge is -2.26. The van der Waals surface area contributed by atoms with Crippen molar-refractivity contribution in [2.75, 3.05) is 19.7 Å². The predicted molar refractivity (Wildman–Crippen MR) is 63.1 cm³/mol. The second kappa shape index (κ2) is 5.75. The summed E-state index contributed by atoms with van der Waals surface area (Å²) in [5, 5.41) is 12.1. The van der Waals surface area contributed by atoms with Crippen LogP contribution in [0.4, 0.5) is 0 Å². The van der Waals surface area contributed by atoms with Crippen molar-refractivity contribution < 1.29 is 9.90 Å². The summed E-state index contributed by atoms with van der Waals surface area (Å²) in [4.78, 5) is 17.7. The van der Waals surface area contributed by atoms with Crippen molar-refractivity contribution in [3.63, 3.8) is 0 Å². The molecule has 0 bridgehead atoms. The van der Waals surface area contributed by atoms with E-state index in [0.717, 1.165) is 18.5 Å². The Morgan fingerprint density at radius 2 is 2.24 bits per heavy atom. The minimum atomic E-state index is -0.439. The molecule has 2 rings (SSSR count). The summed E-state index contributed by atoms with van der Waals surface area (Å²) in [5.41, 5.74) is 1.10. The maximum atomic E-state index is 11.7. The van der Waals surface area contributed by atoms with Crippen LogP contribution in [0.5, 0.6) is 0 Å². The Balaban J connectivity index is 2.09. The second-order valence-electron chi connectivity index (χ2n) is 4.17. The highest BCUT2D eigenvalue weighted by Gasteiger charge is 2.27. The van der Waals surface area contributed by atoms with Crippen molar-refractivity contribution in [2.45, 2.75) is 19.0 Å². The Morgan fingerprint density at radius 3 is 2.94 bits per heavy atom. The zero-order valence-electron chi connectivity index (χ0n) is 9.67. The highest BCUT2D eigenvalue weighted by Crippen LogP contribution is 2.10. The van der Waals surface area contributed by atoms with Gasteiger partial charge in [0.25, 0.3) is 0 Å². The minimum Gasteiger partial charge on any atom is -0.394 e. The molecule has 92 valence electrons. The van der Waals surface area contributed by atoms with Crippen LogP contribution in [-0.2, 0) is 11.3 Å². The number of aromatic nitrogens is 1. The average Bonchev–Trinajstić information content (AvgIpc) is 2.52. The molecule has 0 aromatic carbocycles. The first-order chi connectivity index (χ1) is 8.31. The Morgan fingerprint density at radius 1 is 1.47 bits per heavy atom. The number of rotatable bonds is 3. The lowest BCUT2D eigenvalue weighted by atomic mass is 10.2. The number of aliphatic hydroxyl groups excluding tert-OH is 1. The lowest BCUT2D eigenvalue weighted by Crippen LogP contribution is -2.46. The van der Waals surface area contributed by atoms with Gasteiger partial charge in [0.05, 0.1) is 6.61 Å². The third-order valence-electron chi connectivity index (χ3n) is 2.97. The van der Waals surface area contributed by atoms with Crippen molar-refractivity contribution in [1.82, 2.24) is 15.2 Å². The molecule has 1 aromatic heterocycles. The van der Waals surface area contributed by atoms with Gasteiger partial charge in [-0.25, -0.2) is 0 Å². The summed E-state index contributed by atoms with van der Waals surface area (Å²) in [6.45, 7) is 2.02. The van der Waals surface area contributed by atoms with Gasteiger partial charge in [-0.2, -0.15) is 0 Å². The molecule has 0 aliphatic carbocycles. The fourth-order valence-corrected chi connectivity index (χ4v) is 2.04. The van der Waals surface area contributed by atoms with E-state index in [4.69, 9.17) is 0 Å². The third kappa shape index (κ3) is 3.01. The van der Waals surface area contributed by atoms with Crippen LogP contribution < -0.4 is 5.32 Å². The minimum absolute atomic E-state index is 0.0842. The molecule has 0 radical (unpaired) electrons. The molecule has 2 N–H and O–H groups in total. The Kier molecular flexibility index (Phi) is 4.06. The topological polar surface area (TPSA) is 65.5 Å². The quantitative estimate of drug-likeness (QED) is 0.759. The molecule has 2 heterocycles. The van der Waals surface area contributed by atoms with Crippen LogP contribution in [0.25, 0.3) is 0 Å². The highest BCUT2D eigenvalue weighted by atomic mass is 16.3. The normalized spacial score (nSPS) is 21.9. The molecule has 1 unspecified atom stereocenters. The Bertz CT molecular complexity index is 369. The van der Waals surface area contributed by atoms with Gasteiger partial charge in [-0.15, -0.1) is 0 Å². The molecule has 1 saturated heterocycles. The van der Waals surface area contributed by atoms with E-state index in [-0.39, 0.29) is 12.5 Å². The maximum absolute atomic E-state index is 11.7. The van der Waals surface area contributed by atoms with Crippen LogP contribution in [0.2, 0.25) is 0 Å². The van der Waals surface area contributed by atoms with Crippen LogP contribution in [0.3, 0.4) is 0 Å². The summed E-state index contributed by atoms with van der Waals surface area (Å²) in [5.74, 6) is -0.0842. The second-order valence-corrected chi connectivity index (χ2v) is 4.17. The molecule has 17 heavy (non-hydrogen) atoms. The number of hydrogen-bond acceptors (Lipinski definition) is 4. The van der Waals surface area contributed by atoms with Gasteiger partial charge in [-0.05, 0) is 24.1 Å². The Hall–Kier alpha value is -1.46. The van der Waals surface area contributed by atoms with Gasteiger partial charge in [0.2, 0.25) is 5.91 Å². The van der Waals surface area contributed by atoms with Gasteiger partial charge in [0.15, 0.2) is 0 Å². The van der Waals surface area contributed by atoms with E-state index in [1.165, 1.54) is 0 Å². The van der Waals surface area contributed by atoms with Gasteiger partial charge in [0.1, 0.15) is 6.04 Å². The molecule has 0 spiro atoms. The number of carbonyl (C=O) groups is 1. The molecule has 5 heteroatoms. The molecule has 1 aliphatic heterocycles. The fraction of sp³-hybridized carbons (Fsp3) is 0.500. The zero-order chi connectivity index (χ0) is 12.1. The molecule has 1 aromatic rings. The summed E-state index contributed by atoms with van der Waals surface area (Å²) in [7, 11) is 0. The van der Waals surface area contributed by atoms with Crippen LogP contribution in [0, 0.1) is 0 Å². The largest absolute Gasteiger partial charge is 0.394 e.